The molecule has 0 fully saturated rings. The Morgan fingerprint density at radius 2 is 2.05 bits per heavy atom. The Kier molecular flexibility index (Phi) is 5.73. The number of hydrogen-bond donors (Lipinski definition) is 1. The maximum Gasteiger partial charge on any atom is 0.210 e. The van der Waals surface area contributed by atoms with Crippen molar-refractivity contribution in [3.05, 3.63) is 28.5 Å². The van der Waals surface area contributed by atoms with E-state index in [0.29, 0.717) is 0 Å². The molecule has 0 aliphatic rings. The normalized spacial score (nSPS) is 11.2. The first-order valence-corrected chi connectivity index (χ1v) is 8.39. The molecule has 0 radical (unpaired) electrons. The van der Waals surface area contributed by atoms with Gasteiger partial charge in [-0.2, -0.15) is 5.10 Å². The van der Waals surface area contributed by atoms with E-state index in [1.165, 1.54) is 23.4 Å². The van der Waals surface area contributed by atoms with Gasteiger partial charge in [0.15, 0.2) is 0 Å². The summed E-state index contributed by atoms with van der Waals surface area (Å²) in [6.45, 7) is 8.68. The van der Waals surface area contributed by atoms with Crippen molar-refractivity contribution in [1.29, 1.82) is 0 Å². The Morgan fingerprint density at radius 3 is 2.65 bits per heavy atom. The summed E-state index contributed by atoms with van der Waals surface area (Å²) in [7, 11) is 0. The van der Waals surface area contributed by atoms with Crippen LogP contribution in [0.15, 0.2) is 11.6 Å². The monoisotopic (exact) mass is 292 g/mol. The van der Waals surface area contributed by atoms with Crippen LogP contribution in [0.25, 0.3) is 5.13 Å². The summed E-state index contributed by atoms with van der Waals surface area (Å²) >= 11 is 1.64. The van der Waals surface area contributed by atoms with Crippen LogP contribution in [-0.4, -0.2) is 27.9 Å². The molecule has 2 aromatic heterocycles. The highest BCUT2D eigenvalue weighted by Crippen LogP contribution is 2.22. The van der Waals surface area contributed by atoms with Crippen LogP contribution in [0.3, 0.4) is 0 Å². The van der Waals surface area contributed by atoms with Gasteiger partial charge in [0.05, 0.1) is 11.4 Å². The Bertz CT molecular complexity index is 516. The van der Waals surface area contributed by atoms with Crippen molar-refractivity contribution in [2.24, 2.45) is 0 Å². The third kappa shape index (κ3) is 3.27. The van der Waals surface area contributed by atoms with Crippen molar-refractivity contribution < 1.29 is 0 Å². The smallest absolute Gasteiger partial charge is 0.210 e. The molecule has 0 spiro atoms. The molecule has 5 heteroatoms. The fourth-order valence-electron chi connectivity index (χ4n) is 2.47. The number of nitrogens with zero attached hydrogens (tertiary/aromatic N) is 3. The van der Waals surface area contributed by atoms with E-state index in [1.807, 2.05) is 16.3 Å². The van der Waals surface area contributed by atoms with E-state index in [1.54, 1.807) is 11.3 Å². The Balaban J connectivity index is 2.25. The van der Waals surface area contributed by atoms with Gasteiger partial charge in [-0.15, -0.1) is 11.3 Å². The molecule has 0 aliphatic heterocycles. The Morgan fingerprint density at radius 1 is 1.20 bits per heavy atom. The molecule has 20 heavy (non-hydrogen) atoms. The van der Waals surface area contributed by atoms with E-state index in [0.717, 1.165) is 37.5 Å². The summed E-state index contributed by atoms with van der Waals surface area (Å²) in [6, 6.07) is 0. The standard InChI is InChI=1S/C15H24N4S/c1-4-8-16-9-7-12-13(5-2)18-19(14(12)6-3)15-17-10-11-20-15/h10-11,16H,4-9H2,1-3H3. The third-order valence-corrected chi connectivity index (χ3v) is 4.17. The summed E-state index contributed by atoms with van der Waals surface area (Å²) in [5, 5.41) is 11.2. The van der Waals surface area contributed by atoms with Crippen LogP contribution in [0.5, 0.6) is 0 Å². The van der Waals surface area contributed by atoms with Crippen LogP contribution < -0.4 is 5.32 Å². The zero-order chi connectivity index (χ0) is 14.4. The first-order chi connectivity index (χ1) is 9.81. The Hall–Kier alpha value is -1.20. The molecule has 0 aromatic carbocycles. The maximum atomic E-state index is 4.78. The highest BCUT2D eigenvalue weighted by atomic mass is 32.1. The van der Waals surface area contributed by atoms with E-state index >= 15 is 0 Å². The van der Waals surface area contributed by atoms with Crippen molar-refractivity contribution >= 4 is 11.3 Å². The molecule has 0 saturated carbocycles. The van der Waals surface area contributed by atoms with Crippen LogP contribution in [0.1, 0.15) is 44.1 Å². The fourth-order valence-corrected chi connectivity index (χ4v) is 3.08. The minimum atomic E-state index is 0.976. The van der Waals surface area contributed by atoms with Crippen molar-refractivity contribution in [3.8, 4) is 5.13 Å². The summed E-state index contributed by atoms with van der Waals surface area (Å²) < 4.78 is 2.04. The van der Waals surface area contributed by atoms with Gasteiger partial charge in [-0.05, 0) is 44.3 Å². The van der Waals surface area contributed by atoms with Gasteiger partial charge in [0, 0.05) is 11.6 Å². The van der Waals surface area contributed by atoms with Crippen LogP contribution in [0, 0.1) is 0 Å². The third-order valence-electron chi connectivity index (χ3n) is 3.42. The van der Waals surface area contributed by atoms with Crippen molar-refractivity contribution in [1.82, 2.24) is 20.1 Å². The second-order valence-corrected chi connectivity index (χ2v) is 5.68. The van der Waals surface area contributed by atoms with Crippen LogP contribution in [-0.2, 0) is 19.3 Å². The molecular weight excluding hydrogens is 268 g/mol. The molecule has 4 nitrogen and oxygen atoms in total. The lowest BCUT2D eigenvalue weighted by molar-refractivity contribution is 0.667. The van der Waals surface area contributed by atoms with E-state index in [2.05, 4.69) is 31.1 Å². The van der Waals surface area contributed by atoms with E-state index < -0.39 is 0 Å². The lowest BCUT2D eigenvalue weighted by Crippen LogP contribution is -2.18. The van der Waals surface area contributed by atoms with Gasteiger partial charge in [0.1, 0.15) is 0 Å². The van der Waals surface area contributed by atoms with Crippen LogP contribution in [0.4, 0.5) is 0 Å². The quantitative estimate of drug-likeness (QED) is 0.761. The van der Waals surface area contributed by atoms with E-state index in [4.69, 9.17) is 5.10 Å². The summed E-state index contributed by atoms with van der Waals surface area (Å²) in [5.74, 6) is 0. The highest BCUT2D eigenvalue weighted by Gasteiger charge is 2.17. The SMILES string of the molecule is CCCNCCc1c(CC)nn(-c2nccs2)c1CC. The molecule has 0 aliphatic carbocycles. The number of aryl methyl sites for hydroxylation is 1. The van der Waals surface area contributed by atoms with Crippen molar-refractivity contribution in [2.45, 2.75) is 46.5 Å². The minimum Gasteiger partial charge on any atom is -0.316 e. The van der Waals surface area contributed by atoms with Gasteiger partial charge in [-0.3, -0.25) is 0 Å². The lowest BCUT2D eigenvalue weighted by Gasteiger charge is -2.06. The Labute approximate surface area is 125 Å². The van der Waals surface area contributed by atoms with Gasteiger partial charge >= 0.3 is 0 Å². The second-order valence-electron chi connectivity index (χ2n) is 4.81. The number of nitrogens with one attached hydrogen (secondary N) is 1. The highest BCUT2D eigenvalue weighted by molar-refractivity contribution is 7.12. The minimum absolute atomic E-state index is 0.976. The summed E-state index contributed by atoms with van der Waals surface area (Å²) in [5.41, 5.74) is 3.94. The number of rotatable bonds is 8. The largest absolute Gasteiger partial charge is 0.316 e. The first-order valence-electron chi connectivity index (χ1n) is 7.51. The fraction of sp³-hybridized carbons (Fsp3) is 0.600. The molecule has 0 atom stereocenters. The molecular formula is C15H24N4S. The molecule has 2 rings (SSSR count). The molecule has 1 N–H and O–H groups in total. The molecule has 0 unspecified atom stereocenters. The number of hydrogen-bond acceptors (Lipinski definition) is 4. The molecule has 2 heterocycles. The maximum absolute atomic E-state index is 4.78. The van der Waals surface area contributed by atoms with Crippen molar-refractivity contribution in [2.75, 3.05) is 13.1 Å². The van der Waals surface area contributed by atoms with Gasteiger partial charge < -0.3 is 5.32 Å². The van der Waals surface area contributed by atoms with Gasteiger partial charge in [0.25, 0.3) is 0 Å². The van der Waals surface area contributed by atoms with Gasteiger partial charge in [-0.1, -0.05) is 20.8 Å². The molecule has 0 bridgehead atoms. The molecule has 0 amide bonds. The van der Waals surface area contributed by atoms with Gasteiger partial charge in [0.2, 0.25) is 5.13 Å². The number of thiazole rings is 1. The average Bonchev–Trinajstić information content (AvgIpc) is 3.10. The van der Waals surface area contributed by atoms with Crippen LogP contribution >= 0.6 is 11.3 Å². The first kappa shape index (κ1) is 15.2. The topological polar surface area (TPSA) is 42.7 Å². The lowest BCUT2D eigenvalue weighted by atomic mass is 10.1. The van der Waals surface area contributed by atoms with E-state index in [-0.39, 0.29) is 0 Å². The second kappa shape index (κ2) is 7.55. The predicted molar refractivity (Wildman–Crippen MR) is 84.9 cm³/mol. The summed E-state index contributed by atoms with van der Waals surface area (Å²) in [4.78, 5) is 4.40. The average molecular weight is 292 g/mol. The zero-order valence-electron chi connectivity index (χ0n) is 12.6. The van der Waals surface area contributed by atoms with Gasteiger partial charge in [-0.25, -0.2) is 9.67 Å². The number of aromatic nitrogens is 3. The molecule has 0 saturated heterocycles. The van der Waals surface area contributed by atoms with Crippen molar-refractivity contribution in [3.63, 3.8) is 0 Å². The van der Waals surface area contributed by atoms with Crippen LogP contribution in [0.2, 0.25) is 0 Å². The summed E-state index contributed by atoms with van der Waals surface area (Å²) in [6.07, 6.45) is 6.05. The molecule has 2 aromatic rings. The zero-order valence-corrected chi connectivity index (χ0v) is 13.5. The molecule has 110 valence electrons. The predicted octanol–water partition coefficient (Wildman–Crippen LogP) is 3.00. The van der Waals surface area contributed by atoms with E-state index in [9.17, 15) is 0 Å².